The second-order valence-corrected chi connectivity index (χ2v) is 3.66. The summed E-state index contributed by atoms with van der Waals surface area (Å²) in [4.78, 5) is 0. The molecule has 0 saturated carbocycles. The van der Waals surface area contributed by atoms with Crippen molar-refractivity contribution in [3.05, 3.63) is 29.8 Å². The van der Waals surface area contributed by atoms with Crippen LogP contribution < -0.4 is 10.1 Å². The zero-order valence-corrected chi connectivity index (χ0v) is 8.57. The number of ether oxygens (including phenoxy) is 1. The number of para-hydroxylation sites is 1. The molecule has 0 amide bonds. The smallest absolute Gasteiger partial charge is 0.123 e. The first kappa shape index (κ1) is 9.53. The van der Waals surface area contributed by atoms with E-state index >= 15 is 0 Å². The lowest BCUT2D eigenvalue weighted by Gasteiger charge is -2.23. The highest BCUT2D eigenvalue weighted by molar-refractivity contribution is 5.35. The molecule has 1 aromatic rings. The summed E-state index contributed by atoms with van der Waals surface area (Å²) in [5.74, 6) is 0.975. The van der Waals surface area contributed by atoms with Gasteiger partial charge in [0, 0.05) is 12.1 Å². The maximum Gasteiger partial charge on any atom is 0.123 e. The Labute approximate surface area is 85.3 Å². The molecule has 1 aliphatic rings. The van der Waals surface area contributed by atoms with Crippen LogP contribution in [0.15, 0.2) is 24.3 Å². The van der Waals surface area contributed by atoms with E-state index in [-0.39, 0.29) is 0 Å². The molecule has 0 spiro atoms. The molecule has 1 unspecified atom stereocenters. The van der Waals surface area contributed by atoms with Gasteiger partial charge in [0.15, 0.2) is 0 Å². The number of rotatable bonds is 2. The Hall–Kier alpha value is -1.02. The van der Waals surface area contributed by atoms with E-state index in [0.717, 1.165) is 12.3 Å². The molecule has 1 heterocycles. The molecule has 2 heteroatoms. The molecular weight excluding hydrogens is 174 g/mol. The number of methoxy groups -OCH3 is 1. The van der Waals surface area contributed by atoms with E-state index < -0.39 is 0 Å². The molecule has 1 atom stereocenters. The van der Waals surface area contributed by atoms with Gasteiger partial charge in [-0.3, -0.25) is 0 Å². The van der Waals surface area contributed by atoms with Crippen molar-refractivity contribution in [3.8, 4) is 5.75 Å². The highest BCUT2D eigenvalue weighted by Crippen LogP contribution is 2.30. The lowest BCUT2D eigenvalue weighted by Crippen LogP contribution is -2.20. The van der Waals surface area contributed by atoms with Crippen molar-refractivity contribution in [3.63, 3.8) is 0 Å². The highest BCUT2D eigenvalue weighted by Gasteiger charge is 2.18. The van der Waals surface area contributed by atoms with Gasteiger partial charge in [-0.2, -0.15) is 0 Å². The molecule has 75 valence electrons. The van der Waals surface area contributed by atoms with Gasteiger partial charge >= 0.3 is 0 Å². The molecule has 14 heavy (non-hydrogen) atoms. The van der Waals surface area contributed by atoms with Crippen molar-refractivity contribution in [2.24, 2.45) is 0 Å². The Kier molecular flexibility index (Phi) is 3.04. The molecule has 2 nitrogen and oxygen atoms in total. The lowest BCUT2D eigenvalue weighted by molar-refractivity contribution is 0.369. The molecular formula is C12H16NO. The number of benzene rings is 1. The van der Waals surface area contributed by atoms with Crippen molar-refractivity contribution in [1.82, 2.24) is 5.32 Å². The fourth-order valence-electron chi connectivity index (χ4n) is 1.98. The summed E-state index contributed by atoms with van der Waals surface area (Å²) in [6.07, 6.45) is 3.69. The maximum atomic E-state index is 5.34. The van der Waals surface area contributed by atoms with Crippen LogP contribution in [0.25, 0.3) is 0 Å². The number of hydrogen-bond acceptors (Lipinski definition) is 1. The Morgan fingerprint density at radius 2 is 2.14 bits per heavy atom. The van der Waals surface area contributed by atoms with E-state index in [4.69, 9.17) is 4.74 Å². The van der Waals surface area contributed by atoms with E-state index in [9.17, 15) is 0 Å². The minimum atomic E-state index is 0.361. The largest absolute Gasteiger partial charge is 0.496 e. The Balaban J connectivity index is 2.20. The van der Waals surface area contributed by atoms with Crippen LogP contribution in [0.4, 0.5) is 0 Å². The van der Waals surface area contributed by atoms with Crippen molar-refractivity contribution in [1.29, 1.82) is 0 Å². The molecule has 1 fully saturated rings. The standard InChI is InChI=1S/C12H16NO/c1-14-12-8-3-2-6-10(12)11-7-4-5-9-13-11/h2-3,6,8,11H,4-5,7,9H2,1H3. The summed E-state index contributed by atoms with van der Waals surface area (Å²) < 4.78 is 5.34. The third-order valence-electron chi connectivity index (χ3n) is 2.73. The molecule has 0 aromatic heterocycles. The van der Waals surface area contributed by atoms with Crippen LogP contribution in [-0.4, -0.2) is 13.7 Å². The quantitative estimate of drug-likeness (QED) is 0.702. The zero-order chi connectivity index (χ0) is 9.80. The summed E-state index contributed by atoms with van der Waals surface area (Å²) in [5, 5.41) is 4.63. The molecule has 0 N–H and O–H groups in total. The number of hydrogen-bond donors (Lipinski definition) is 0. The van der Waals surface area contributed by atoms with Crippen LogP contribution in [0.3, 0.4) is 0 Å². The van der Waals surface area contributed by atoms with Crippen molar-refractivity contribution >= 4 is 0 Å². The van der Waals surface area contributed by atoms with Gasteiger partial charge in [0.1, 0.15) is 5.75 Å². The minimum Gasteiger partial charge on any atom is -0.496 e. The molecule has 0 bridgehead atoms. The second kappa shape index (κ2) is 4.47. The third kappa shape index (κ3) is 1.90. The minimum absolute atomic E-state index is 0.361. The molecule has 0 aliphatic carbocycles. The zero-order valence-electron chi connectivity index (χ0n) is 8.57. The number of nitrogens with zero attached hydrogens (tertiary/aromatic N) is 1. The summed E-state index contributed by atoms with van der Waals surface area (Å²) in [5.41, 5.74) is 1.25. The van der Waals surface area contributed by atoms with Gasteiger partial charge in [0.05, 0.1) is 13.2 Å². The van der Waals surface area contributed by atoms with E-state index in [1.807, 2.05) is 12.1 Å². The van der Waals surface area contributed by atoms with Crippen LogP contribution in [0.5, 0.6) is 5.75 Å². The molecule has 1 radical (unpaired) electrons. The van der Waals surface area contributed by atoms with Gasteiger partial charge in [0.2, 0.25) is 0 Å². The van der Waals surface area contributed by atoms with Crippen LogP contribution in [-0.2, 0) is 0 Å². The van der Waals surface area contributed by atoms with Crippen molar-refractivity contribution < 1.29 is 4.74 Å². The molecule has 1 aromatic carbocycles. The summed E-state index contributed by atoms with van der Waals surface area (Å²) >= 11 is 0. The Morgan fingerprint density at radius 3 is 2.86 bits per heavy atom. The molecule has 1 saturated heterocycles. The lowest BCUT2D eigenvalue weighted by atomic mass is 9.97. The fraction of sp³-hybridized carbons (Fsp3) is 0.500. The van der Waals surface area contributed by atoms with E-state index in [2.05, 4.69) is 17.4 Å². The normalized spacial score (nSPS) is 21.9. The van der Waals surface area contributed by atoms with E-state index in [1.54, 1.807) is 7.11 Å². The number of piperidine rings is 1. The first-order valence-electron chi connectivity index (χ1n) is 5.21. The van der Waals surface area contributed by atoms with Crippen LogP contribution in [0.2, 0.25) is 0 Å². The molecule has 1 aliphatic heterocycles. The fourth-order valence-corrected chi connectivity index (χ4v) is 1.98. The van der Waals surface area contributed by atoms with Crippen molar-refractivity contribution in [2.75, 3.05) is 13.7 Å². The summed E-state index contributed by atoms with van der Waals surface area (Å²) in [6.45, 7) is 1.00. The summed E-state index contributed by atoms with van der Waals surface area (Å²) in [6, 6.07) is 8.56. The first-order valence-corrected chi connectivity index (χ1v) is 5.21. The maximum absolute atomic E-state index is 5.34. The van der Waals surface area contributed by atoms with Gasteiger partial charge < -0.3 is 4.74 Å². The molecule has 2 rings (SSSR count). The Morgan fingerprint density at radius 1 is 1.29 bits per heavy atom. The third-order valence-corrected chi connectivity index (χ3v) is 2.73. The second-order valence-electron chi connectivity index (χ2n) is 3.66. The predicted molar refractivity (Wildman–Crippen MR) is 56.6 cm³/mol. The average Bonchev–Trinajstić information content (AvgIpc) is 2.30. The van der Waals surface area contributed by atoms with Gasteiger partial charge in [-0.15, -0.1) is 0 Å². The highest BCUT2D eigenvalue weighted by atomic mass is 16.5. The summed E-state index contributed by atoms with van der Waals surface area (Å²) in [7, 11) is 1.72. The average molecular weight is 190 g/mol. The Bertz CT molecular complexity index is 292. The monoisotopic (exact) mass is 190 g/mol. The van der Waals surface area contributed by atoms with Gasteiger partial charge in [0.25, 0.3) is 0 Å². The van der Waals surface area contributed by atoms with E-state index in [1.165, 1.54) is 24.8 Å². The van der Waals surface area contributed by atoms with Gasteiger partial charge in [-0.1, -0.05) is 24.6 Å². The van der Waals surface area contributed by atoms with Crippen molar-refractivity contribution in [2.45, 2.75) is 25.3 Å². The first-order chi connectivity index (χ1) is 6.92. The van der Waals surface area contributed by atoms with E-state index in [0.29, 0.717) is 6.04 Å². The predicted octanol–water partition coefficient (Wildman–Crippen LogP) is 2.52. The topological polar surface area (TPSA) is 23.3 Å². The van der Waals surface area contributed by atoms with Crippen LogP contribution in [0.1, 0.15) is 30.9 Å². The van der Waals surface area contributed by atoms with Gasteiger partial charge in [-0.05, 0) is 18.9 Å². The SMILES string of the molecule is COc1ccccc1C1CCCC[N]1. The van der Waals surface area contributed by atoms with Crippen LogP contribution >= 0.6 is 0 Å². The van der Waals surface area contributed by atoms with Gasteiger partial charge in [-0.25, -0.2) is 5.32 Å². The van der Waals surface area contributed by atoms with Crippen LogP contribution in [0, 0.1) is 0 Å².